The molecule has 102 valence electrons. The van der Waals surface area contributed by atoms with Gasteiger partial charge in [-0.25, -0.2) is 0 Å². The third kappa shape index (κ3) is 2.96. The molecule has 1 N–H and O–H groups in total. The lowest BCUT2D eigenvalue weighted by Crippen LogP contribution is -2.26. The zero-order valence-electron chi connectivity index (χ0n) is 12.1. The molecule has 0 saturated carbocycles. The highest BCUT2D eigenvalue weighted by molar-refractivity contribution is 5.30. The predicted octanol–water partition coefficient (Wildman–Crippen LogP) is 2.43. The van der Waals surface area contributed by atoms with Crippen LogP contribution in [0.3, 0.4) is 0 Å². The van der Waals surface area contributed by atoms with Gasteiger partial charge in [-0.2, -0.15) is 0 Å². The second kappa shape index (κ2) is 6.39. The molecule has 0 saturated heterocycles. The molecule has 0 spiro atoms. The van der Waals surface area contributed by atoms with Gasteiger partial charge < -0.3 is 14.8 Å². The minimum Gasteiger partial charge on any atom is -0.352 e. The fourth-order valence-electron chi connectivity index (χ4n) is 2.97. The Kier molecular flexibility index (Phi) is 4.84. The van der Waals surface area contributed by atoms with Gasteiger partial charge in [0, 0.05) is 31.5 Å². The fraction of sp³-hybridized carbons (Fsp3) is 0.733. The molecule has 1 aromatic heterocycles. The number of hydrogen-bond donors (Lipinski definition) is 1. The van der Waals surface area contributed by atoms with E-state index in [1.54, 1.807) is 5.56 Å². The van der Waals surface area contributed by atoms with E-state index in [1.807, 2.05) is 0 Å². The summed E-state index contributed by atoms with van der Waals surface area (Å²) in [7, 11) is 2.08. The first-order valence-electron chi connectivity index (χ1n) is 7.36. The van der Waals surface area contributed by atoms with E-state index in [0.29, 0.717) is 6.04 Å². The summed E-state index contributed by atoms with van der Waals surface area (Å²) in [5.74, 6) is 0. The van der Waals surface area contributed by atoms with E-state index in [-0.39, 0.29) is 0 Å². The Morgan fingerprint density at radius 2 is 2.11 bits per heavy atom. The van der Waals surface area contributed by atoms with E-state index >= 15 is 0 Å². The van der Waals surface area contributed by atoms with Gasteiger partial charge in [0.2, 0.25) is 0 Å². The molecule has 0 amide bonds. The molecule has 1 unspecified atom stereocenters. The number of nitrogens with zero attached hydrogens (tertiary/aromatic N) is 2. The minimum atomic E-state index is 0.573. The van der Waals surface area contributed by atoms with Crippen LogP contribution in [0.25, 0.3) is 0 Å². The van der Waals surface area contributed by atoms with Crippen LogP contribution in [0.5, 0.6) is 0 Å². The van der Waals surface area contributed by atoms with Crippen LogP contribution < -0.4 is 5.32 Å². The SMILES string of the molecule is CCN(CC)CCn1cc2c(c1)C(NC)CCC2. The largest absolute Gasteiger partial charge is 0.352 e. The van der Waals surface area contributed by atoms with Crippen LogP contribution in [-0.4, -0.2) is 36.1 Å². The summed E-state index contributed by atoms with van der Waals surface area (Å²) in [6.45, 7) is 9.05. The molecule has 0 radical (unpaired) electrons. The van der Waals surface area contributed by atoms with Crippen LogP contribution in [0.1, 0.15) is 43.9 Å². The van der Waals surface area contributed by atoms with Gasteiger partial charge in [0.05, 0.1) is 0 Å². The van der Waals surface area contributed by atoms with Gasteiger partial charge in [-0.1, -0.05) is 13.8 Å². The van der Waals surface area contributed by atoms with Crippen molar-refractivity contribution < 1.29 is 0 Å². The van der Waals surface area contributed by atoms with Crippen molar-refractivity contribution in [2.45, 2.75) is 45.7 Å². The lowest BCUT2D eigenvalue weighted by atomic mass is 9.91. The van der Waals surface area contributed by atoms with Crippen LogP contribution in [0, 0.1) is 0 Å². The Labute approximate surface area is 111 Å². The first kappa shape index (κ1) is 13.6. The van der Waals surface area contributed by atoms with Crippen molar-refractivity contribution >= 4 is 0 Å². The van der Waals surface area contributed by atoms with Gasteiger partial charge in [-0.15, -0.1) is 0 Å². The molecule has 0 aliphatic heterocycles. The van der Waals surface area contributed by atoms with Crippen molar-refractivity contribution in [2.24, 2.45) is 0 Å². The van der Waals surface area contributed by atoms with Gasteiger partial charge in [-0.3, -0.25) is 0 Å². The highest BCUT2D eigenvalue weighted by Gasteiger charge is 2.20. The third-order valence-electron chi connectivity index (χ3n) is 4.23. The summed E-state index contributed by atoms with van der Waals surface area (Å²) >= 11 is 0. The maximum absolute atomic E-state index is 3.44. The average Bonchev–Trinajstić information content (AvgIpc) is 2.82. The maximum Gasteiger partial charge on any atom is 0.0347 e. The molecule has 3 heteroatoms. The first-order chi connectivity index (χ1) is 8.78. The fourth-order valence-corrected chi connectivity index (χ4v) is 2.97. The molecule has 1 aliphatic rings. The average molecular weight is 249 g/mol. The van der Waals surface area contributed by atoms with Gasteiger partial charge >= 0.3 is 0 Å². The molecule has 18 heavy (non-hydrogen) atoms. The lowest BCUT2D eigenvalue weighted by Gasteiger charge is -2.21. The third-order valence-corrected chi connectivity index (χ3v) is 4.23. The quantitative estimate of drug-likeness (QED) is 0.835. The van der Waals surface area contributed by atoms with Gasteiger partial charge in [0.15, 0.2) is 0 Å². The van der Waals surface area contributed by atoms with Crippen molar-refractivity contribution in [1.29, 1.82) is 0 Å². The molecule has 1 aliphatic carbocycles. The molecule has 0 bridgehead atoms. The van der Waals surface area contributed by atoms with Gasteiger partial charge in [0.25, 0.3) is 0 Å². The van der Waals surface area contributed by atoms with Crippen molar-refractivity contribution in [2.75, 3.05) is 26.7 Å². The minimum absolute atomic E-state index is 0.573. The van der Waals surface area contributed by atoms with Crippen LogP contribution >= 0.6 is 0 Å². The van der Waals surface area contributed by atoms with Crippen LogP contribution in [-0.2, 0) is 13.0 Å². The van der Waals surface area contributed by atoms with E-state index in [9.17, 15) is 0 Å². The summed E-state index contributed by atoms with van der Waals surface area (Å²) in [5, 5.41) is 3.44. The molecule has 1 heterocycles. The summed E-state index contributed by atoms with van der Waals surface area (Å²) in [6.07, 6.45) is 8.58. The molecular weight excluding hydrogens is 222 g/mol. The number of rotatable bonds is 6. The molecule has 0 aromatic carbocycles. The highest BCUT2D eigenvalue weighted by Crippen LogP contribution is 2.30. The van der Waals surface area contributed by atoms with Crippen LogP contribution in [0.4, 0.5) is 0 Å². The topological polar surface area (TPSA) is 20.2 Å². The Morgan fingerprint density at radius 1 is 1.33 bits per heavy atom. The summed E-state index contributed by atoms with van der Waals surface area (Å²) < 4.78 is 2.39. The van der Waals surface area contributed by atoms with Crippen LogP contribution in [0.2, 0.25) is 0 Å². The molecule has 2 rings (SSSR count). The van der Waals surface area contributed by atoms with E-state index in [4.69, 9.17) is 0 Å². The number of aryl methyl sites for hydroxylation is 1. The van der Waals surface area contributed by atoms with E-state index < -0.39 is 0 Å². The van der Waals surface area contributed by atoms with Gasteiger partial charge in [0.1, 0.15) is 0 Å². The van der Waals surface area contributed by atoms with Crippen LogP contribution in [0.15, 0.2) is 12.4 Å². The Morgan fingerprint density at radius 3 is 2.78 bits per heavy atom. The zero-order chi connectivity index (χ0) is 13.0. The Balaban J connectivity index is 2.00. The van der Waals surface area contributed by atoms with Crippen molar-refractivity contribution in [3.05, 3.63) is 23.5 Å². The smallest absolute Gasteiger partial charge is 0.0347 e. The number of likely N-dealkylation sites (N-methyl/N-ethyl adjacent to an activating group) is 1. The highest BCUT2D eigenvalue weighted by atomic mass is 15.1. The summed E-state index contributed by atoms with van der Waals surface area (Å²) in [6, 6.07) is 0.573. The number of aromatic nitrogens is 1. The monoisotopic (exact) mass is 249 g/mol. The van der Waals surface area contributed by atoms with Crippen molar-refractivity contribution in [1.82, 2.24) is 14.8 Å². The first-order valence-corrected chi connectivity index (χ1v) is 7.36. The standard InChI is InChI=1S/C15H27N3/c1-4-17(5-2)9-10-18-11-13-7-6-8-15(16-3)14(13)12-18/h11-12,15-16H,4-10H2,1-3H3. The second-order valence-corrected chi connectivity index (χ2v) is 5.24. The van der Waals surface area contributed by atoms with Crippen molar-refractivity contribution in [3.8, 4) is 0 Å². The second-order valence-electron chi connectivity index (χ2n) is 5.24. The van der Waals surface area contributed by atoms with E-state index in [1.165, 1.54) is 24.8 Å². The van der Waals surface area contributed by atoms with E-state index in [2.05, 4.69) is 48.1 Å². The van der Waals surface area contributed by atoms with E-state index in [0.717, 1.165) is 26.2 Å². The summed E-state index contributed by atoms with van der Waals surface area (Å²) in [4.78, 5) is 2.48. The number of fused-ring (bicyclic) bond motifs is 1. The maximum atomic E-state index is 3.44. The molecule has 1 aromatic rings. The lowest BCUT2D eigenvalue weighted by molar-refractivity contribution is 0.290. The molecule has 3 nitrogen and oxygen atoms in total. The molecular formula is C15H27N3. The zero-order valence-corrected chi connectivity index (χ0v) is 12.1. The number of nitrogens with one attached hydrogen (secondary N) is 1. The summed E-state index contributed by atoms with van der Waals surface area (Å²) in [5.41, 5.74) is 3.09. The number of hydrogen-bond acceptors (Lipinski definition) is 2. The molecule has 1 atom stereocenters. The molecule has 0 fully saturated rings. The Bertz CT molecular complexity index is 366. The predicted molar refractivity (Wildman–Crippen MR) is 77.0 cm³/mol. The Hall–Kier alpha value is -0.800. The normalized spacial score (nSPS) is 19.2. The van der Waals surface area contributed by atoms with Crippen molar-refractivity contribution in [3.63, 3.8) is 0 Å². The van der Waals surface area contributed by atoms with Gasteiger partial charge in [-0.05, 0) is 50.5 Å².